The summed E-state index contributed by atoms with van der Waals surface area (Å²) in [5.41, 5.74) is 3.13. The Balaban J connectivity index is 1.24. The Morgan fingerprint density at radius 1 is 1.04 bits per heavy atom. The van der Waals surface area contributed by atoms with E-state index in [2.05, 4.69) is 31.4 Å². The molecule has 13 heteroatoms. The zero-order valence-corrected chi connectivity index (χ0v) is 26.3. The van der Waals surface area contributed by atoms with Gasteiger partial charge < -0.3 is 14.5 Å². The maximum absolute atomic E-state index is 13.8. The summed E-state index contributed by atoms with van der Waals surface area (Å²) in [4.78, 5) is 26.3. The summed E-state index contributed by atoms with van der Waals surface area (Å²) in [7, 11) is 1.60. The molecule has 6 rings (SSSR count). The highest BCUT2D eigenvalue weighted by molar-refractivity contribution is 9.10. The zero-order chi connectivity index (χ0) is 31.3. The van der Waals surface area contributed by atoms with Crippen molar-refractivity contribution in [2.45, 2.75) is 24.2 Å². The van der Waals surface area contributed by atoms with Crippen LogP contribution in [-0.4, -0.2) is 50.2 Å². The smallest absolute Gasteiger partial charge is 0.287 e. The molecule has 1 aliphatic rings. The van der Waals surface area contributed by atoms with Crippen molar-refractivity contribution in [1.29, 1.82) is 0 Å². The normalized spacial score (nSPS) is 14.3. The molecular weight excluding hydrogens is 663 g/mol. The van der Waals surface area contributed by atoms with Gasteiger partial charge in [-0.05, 0) is 83.9 Å². The summed E-state index contributed by atoms with van der Waals surface area (Å²) < 4.78 is 26.9. The average molecular weight is 690 g/mol. The largest absolute Gasteiger partial charge is 0.497 e. The molecule has 0 aliphatic carbocycles. The number of carbonyl (C=O) groups is 2. The Labute approximate surface area is 270 Å². The van der Waals surface area contributed by atoms with Gasteiger partial charge in [0, 0.05) is 16.6 Å². The molecule has 10 nitrogen and oxygen atoms in total. The summed E-state index contributed by atoms with van der Waals surface area (Å²) in [6.07, 6.45) is 1.89. The Morgan fingerprint density at radius 2 is 1.80 bits per heavy atom. The molecule has 3 aromatic carbocycles. The number of halogens is 2. The predicted molar refractivity (Wildman–Crippen MR) is 170 cm³/mol. The third-order valence-corrected chi connectivity index (χ3v) is 8.55. The molecule has 5 aromatic rings. The number of rotatable bonds is 10. The van der Waals surface area contributed by atoms with Gasteiger partial charge in [0.05, 0.1) is 37.4 Å². The van der Waals surface area contributed by atoms with E-state index in [0.29, 0.717) is 23.2 Å². The quantitative estimate of drug-likeness (QED) is 0.175. The first kappa shape index (κ1) is 30.3. The molecule has 228 valence electrons. The molecule has 0 bridgehead atoms. The molecule has 1 aliphatic heterocycles. The Kier molecular flexibility index (Phi) is 9.08. The zero-order valence-electron chi connectivity index (χ0n) is 23.9. The number of amides is 2. The van der Waals surface area contributed by atoms with E-state index in [1.54, 1.807) is 35.9 Å². The molecule has 0 saturated heterocycles. The van der Waals surface area contributed by atoms with Gasteiger partial charge in [0.15, 0.2) is 16.7 Å². The van der Waals surface area contributed by atoms with Crippen LogP contribution in [0, 0.1) is 5.82 Å². The minimum absolute atomic E-state index is 0.00447. The number of aromatic nitrogens is 3. The van der Waals surface area contributed by atoms with E-state index in [1.807, 2.05) is 48.5 Å². The van der Waals surface area contributed by atoms with Gasteiger partial charge in [0.25, 0.3) is 11.8 Å². The van der Waals surface area contributed by atoms with Crippen molar-refractivity contribution in [3.63, 3.8) is 0 Å². The number of thioether (sulfide) groups is 1. The van der Waals surface area contributed by atoms with E-state index in [4.69, 9.17) is 14.3 Å². The Bertz CT molecular complexity index is 1830. The average Bonchev–Trinajstić information content (AvgIpc) is 3.84. The van der Waals surface area contributed by atoms with Gasteiger partial charge >= 0.3 is 0 Å². The lowest BCUT2D eigenvalue weighted by Crippen LogP contribution is -2.28. The van der Waals surface area contributed by atoms with E-state index in [9.17, 15) is 14.0 Å². The summed E-state index contributed by atoms with van der Waals surface area (Å²) in [6.45, 7) is 0.0748. The number of hydrazone groups is 1. The third-order valence-electron chi connectivity index (χ3n) is 7.11. The van der Waals surface area contributed by atoms with Crippen LogP contribution >= 0.6 is 27.7 Å². The number of ether oxygens (including phenoxy) is 1. The molecule has 45 heavy (non-hydrogen) atoms. The van der Waals surface area contributed by atoms with Crippen LogP contribution < -0.4 is 10.1 Å². The number of methoxy groups -OCH3 is 1. The van der Waals surface area contributed by atoms with Crippen LogP contribution in [0.15, 0.2) is 110 Å². The van der Waals surface area contributed by atoms with Crippen molar-refractivity contribution in [2.24, 2.45) is 5.10 Å². The van der Waals surface area contributed by atoms with Crippen LogP contribution in [0.5, 0.6) is 5.75 Å². The van der Waals surface area contributed by atoms with Crippen LogP contribution in [0.3, 0.4) is 0 Å². The van der Waals surface area contributed by atoms with Crippen LogP contribution in [0.2, 0.25) is 0 Å². The topological polar surface area (TPSA) is 115 Å². The summed E-state index contributed by atoms with van der Waals surface area (Å²) in [5, 5.41) is 18.1. The van der Waals surface area contributed by atoms with Gasteiger partial charge in [-0.2, -0.15) is 5.10 Å². The van der Waals surface area contributed by atoms with Gasteiger partial charge in [0.1, 0.15) is 11.6 Å². The minimum atomic E-state index is -0.410. The van der Waals surface area contributed by atoms with Crippen LogP contribution in [-0.2, 0) is 11.3 Å². The first-order valence-corrected chi connectivity index (χ1v) is 15.6. The number of carbonyl (C=O) groups excluding carboxylic acids is 2. The maximum atomic E-state index is 13.8. The molecule has 1 N–H and O–H groups in total. The first-order valence-electron chi connectivity index (χ1n) is 13.8. The lowest BCUT2D eigenvalue weighted by molar-refractivity contribution is -0.130. The standard InChI is InChI=1S/C32H26BrFN6O4S/c1-43-25-14-6-20(7-15-25)26-17-27(21-4-10-23(34)11-5-21)40(38-26)30(41)19-45-32-37-36-29(18-35-31(42)28-3-2-16-44-28)39(32)24-12-8-22(33)9-13-24/h2-16,27H,17-19H2,1H3,(H,35,42)/t27-/m0/s1. The van der Waals surface area contributed by atoms with Crippen LogP contribution in [0.25, 0.3) is 5.69 Å². The molecule has 1 atom stereocenters. The maximum Gasteiger partial charge on any atom is 0.287 e. The number of furan rings is 1. The number of benzene rings is 3. The van der Waals surface area contributed by atoms with Crippen molar-refractivity contribution in [3.8, 4) is 11.4 Å². The van der Waals surface area contributed by atoms with Crippen LogP contribution in [0.1, 0.15) is 40.0 Å². The van der Waals surface area contributed by atoms with E-state index >= 15 is 0 Å². The van der Waals surface area contributed by atoms with Crippen LogP contribution in [0.4, 0.5) is 4.39 Å². The third kappa shape index (κ3) is 6.84. The highest BCUT2D eigenvalue weighted by Crippen LogP contribution is 2.34. The van der Waals surface area contributed by atoms with E-state index in [-0.39, 0.29) is 35.7 Å². The van der Waals surface area contributed by atoms with Gasteiger partial charge in [-0.3, -0.25) is 14.2 Å². The molecule has 0 fully saturated rings. The molecule has 3 heterocycles. The number of hydrogen-bond acceptors (Lipinski definition) is 8. The van der Waals surface area contributed by atoms with Crippen molar-refractivity contribution in [1.82, 2.24) is 25.1 Å². The first-order chi connectivity index (χ1) is 21.9. The predicted octanol–water partition coefficient (Wildman–Crippen LogP) is 6.17. The summed E-state index contributed by atoms with van der Waals surface area (Å²) in [5.74, 6) is 0.372. The van der Waals surface area contributed by atoms with Crippen molar-refractivity contribution in [2.75, 3.05) is 12.9 Å². The minimum Gasteiger partial charge on any atom is -0.497 e. The van der Waals surface area contributed by atoms with Gasteiger partial charge in [0.2, 0.25) is 0 Å². The monoisotopic (exact) mass is 688 g/mol. The van der Waals surface area contributed by atoms with Gasteiger partial charge in [-0.25, -0.2) is 9.40 Å². The summed E-state index contributed by atoms with van der Waals surface area (Å²) >= 11 is 4.66. The Hall–Kier alpha value is -4.75. The number of nitrogens with zero attached hydrogens (tertiary/aromatic N) is 5. The molecule has 0 saturated carbocycles. The SMILES string of the molecule is COc1ccc(C2=NN(C(=O)CSc3nnc(CNC(=O)c4ccco4)n3-c3ccc(Br)cc3)[C@H](c3ccc(F)cc3)C2)cc1. The Morgan fingerprint density at radius 3 is 2.49 bits per heavy atom. The fourth-order valence-electron chi connectivity index (χ4n) is 4.85. The molecular formula is C32H26BrFN6O4S. The number of hydrogen-bond donors (Lipinski definition) is 1. The summed E-state index contributed by atoms with van der Waals surface area (Å²) in [6, 6.07) is 23.9. The fourth-order valence-corrected chi connectivity index (χ4v) is 5.93. The molecule has 2 amide bonds. The van der Waals surface area contributed by atoms with Gasteiger partial charge in [-0.1, -0.05) is 39.8 Å². The second-order valence-electron chi connectivity index (χ2n) is 9.94. The van der Waals surface area contributed by atoms with Crippen molar-refractivity contribution in [3.05, 3.63) is 124 Å². The van der Waals surface area contributed by atoms with E-state index in [1.165, 1.54) is 35.2 Å². The van der Waals surface area contributed by atoms with E-state index < -0.39 is 6.04 Å². The highest BCUT2D eigenvalue weighted by atomic mass is 79.9. The van der Waals surface area contributed by atoms with Crippen molar-refractivity contribution >= 4 is 45.2 Å². The molecule has 0 unspecified atom stereocenters. The molecule has 0 radical (unpaired) electrons. The second-order valence-corrected chi connectivity index (χ2v) is 11.8. The fraction of sp³-hybridized carbons (Fsp3) is 0.156. The lowest BCUT2D eigenvalue weighted by Gasteiger charge is -2.22. The number of nitrogens with one attached hydrogen (secondary N) is 1. The van der Waals surface area contributed by atoms with E-state index in [0.717, 1.165) is 27.0 Å². The molecule has 0 spiro atoms. The van der Waals surface area contributed by atoms with Crippen molar-refractivity contribution < 1.29 is 23.1 Å². The lowest BCUT2D eigenvalue weighted by atomic mass is 9.98. The second kappa shape index (κ2) is 13.5. The molecule has 2 aromatic heterocycles. The highest BCUT2D eigenvalue weighted by Gasteiger charge is 2.33. The van der Waals surface area contributed by atoms with Gasteiger partial charge in [-0.15, -0.1) is 10.2 Å².